The quantitative estimate of drug-likeness (QED) is 0.785. The molecule has 0 saturated carbocycles. The van der Waals surface area contributed by atoms with Gasteiger partial charge >= 0.3 is 0 Å². The second-order valence-corrected chi connectivity index (χ2v) is 3.34. The monoisotopic (exact) mass is 218 g/mol. The highest BCUT2D eigenvalue weighted by molar-refractivity contribution is 6.18. The molecule has 0 aliphatic rings. The summed E-state index contributed by atoms with van der Waals surface area (Å²) < 4.78 is 18.0. The van der Waals surface area contributed by atoms with Gasteiger partial charge in [0.15, 0.2) is 0 Å². The molecule has 1 unspecified atom stereocenters. The largest absolute Gasteiger partial charge is 0.490 e. The highest BCUT2D eigenvalue weighted by Gasteiger charge is 2.05. The van der Waals surface area contributed by atoms with Crippen LogP contribution in [0.15, 0.2) is 18.2 Å². The Labute approximate surface area is 87.3 Å². The molecule has 4 heteroatoms. The number of aliphatic hydroxyl groups is 1. The average molecular weight is 219 g/mol. The molecule has 0 heterocycles. The Morgan fingerprint density at radius 1 is 1.57 bits per heavy atom. The van der Waals surface area contributed by atoms with Crippen LogP contribution in [-0.2, 0) is 0 Å². The van der Waals surface area contributed by atoms with Gasteiger partial charge in [0.2, 0.25) is 0 Å². The second kappa shape index (κ2) is 5.17. The highest BCUT2D eigenvalue weighted by Crippen LogP contribution is 2.18. The molecule has 1 atom stereocenters. The van der Waals surface area contributed by atoms with Gasteiger partial charge in [0.25, 0.3) is 0 Å². The van der Waals surface area contributed by atoms with Crippen LogP contribution in [0.25, 0.3) is 0 Å². The van der Waals surface area contributed by atoms with Crippen molar-refractivity contribution in [2.75, 3.05) is 12.5 Å². The number of benzene rings is 1. The predicted molar refractivity (Wildman–Crippen MR) is 53.4 cm³/mol. The standard InChI is InChI=1S/C10H12ClFO2/c1-7-2-3-8(12)4-10(7)14-6-9(13)5-11/h2-4,9,13H,5-6H2,1H3. The Morgan fingerprint density at radius 2 is 2.29 bits per heavy atom. The van der Waals surface area contributed by atoms with Crippen LogP contribution in [0.2, 0.25) is 0 Å². The van der Waals surface area contributed by atoms with Gasteiger partial charge in [-0.25, -0.2) is 4.39 Å². The van der Waals surface area contributed by atoms with Gasteiger partial charge in [-0.3, -0.25) is 0 Å². The van der Waals surface area contributed by atoms with E-state index in [1.54, 1.807) is 6.07 Å². The average Bonchev–Trinajstić information content (AvgIpc) is 2.19. The Kier molecular flexibility index (Phi) is 4.17. The summed E-state index contributed by atoms with van der Waals surface area (Å²) >= 11 is 5.39. The SMILES string of the molecule is Cc1ccc(F)cc1OCC(O)CCl. The van der Waals surface area contributed by atoms with E-state index in [1.165, 1.54) is 12.1 Å². The second-order valence-electron chi connectivity index (χ2n) is 3.03. The lowest BCUT2D eigenvalue weighted by Gasteiger charge is -2.11. The summed E-state index contributed by atoms with van der Waals surface area (Å²) in [6.45, 7) is 1.88. The number of aliphatic hydroxyl groups excluding tert-OH is 1. The molecular weight excluding hydrogens is 207 g/mol. The maximum Gasteiger partial charge on any atom is 0.126 e. The molecule has 0 spiro atoms. The highest BCUT2D eigenvalue weighted by atomic mass is 35.5. The van der Waals surface area contributed by atoms with E-state index in [9.17, 15) is 4.39 Å². The Bertz CT molecular complexity index is 304. The summed E-state index contributed by atoms with van der Waals surface area (Å²) in [6, 6.07) is 4.27. The first kappa shape index (κ1) is 11.3. The molecule has 78 valence electrons. The molecule has 14 heavy (non-hydrogen) atoms. The topological polar surface area (TPSA) is 29.5 Å². The van der Waals surface area contributed by atoms with Crippen molar-refractivity contribution in [1.82, 2.24) is 0 Å². The molecule has 0 aliphatic carbocycles. The van der Waals surface area contributed by atoms with Crippen molar-refractivity contribution in [3.05, 3.63) is 29.6 Å². The molecule has 0 saturated heterocycles. The third-order valence-electron chi connectivity index (χ3n) is 1.76. The lowest BCUT2D eigenvalue weighted by atomic mass is 10.2. The first-order chi connectivity index (χ1) is 6.63. The van der Waals surface area contributed by atoms with Crippen molar-refractivity contribution in [3.63, 3.8) is 0 Å². The number of hydrogen-bond donors (Lipinski definition) is 1. The fraction of sp³-hybridized carbons (Fsp3) is 0.400. The zero-order valence-electron chi connectivity index (χ0n) is 7.84. The van der Waals surface area contributed by atoms with Crippen LogP contribution >= 0.6 is 11.6 Å². The molecule has 0 radical (unpaired) electrons. The van der Waals surface area contributed by atoms with Crippen LogP contribution < -0.4 is 4.74 Å². The van der Waals surface area contributed by atoms with Crippen molar-refractivity contribution >= 4 is 11.6 Å². The van der Waals surface area contributed by atoms with E-state index in [2.05, 4.69) is 0 Å². The normalized spacial score (nSPS) is 12.6. The summed E-state index contributed by atoms with van der Waals surface area (Å²) in [5.41, 5.74) is 0.827. The van der Waals surface area contributed by atoms with Gasteiger partial charge in [0.05, 0.1) is 5.88 Å². The molecule has 0 aliphatic heterocycles. The van der Waals surface area contributed by atoms with E-state index >= 15 is 0 Å². The number of aryl methyl sites for hydroxylation is 1. The number of alkyl halides is 1. The number of hydrogen-bond acceptors (Lipinski definition) is 2. The molecule has 0 aromatic heterocycles. The summed E-state index contributed by atoms with van der Waals surface area (Å²) in [4.78, 5) is 0. The lowest BCUT2D eigenvalue weighted by Crippen LogP contribution is -2.19. The Morgan fingerprint density at radius 3 is 2.93 bits per heavy atom. The molecule has 1 N–H and O–H groups in total. The van der Waals surface area contributed by atoms with Crippen molar-refractivity contribution in [2.24, 2.45) is 0 Å². The molecule has 0 amide bonds. The van der Waals surface area contributed by atoms with Crippen molar-refractivity contribution in [1.29, 1.82) is 0 Å². The summed E-state index contributed by atoms with van der Waals surface area (Å²) in [5.74, 6) is 0.189. The zero-order valence-corrected chi connectivity index (χ0v) is 8.59. The van der Waals surface area contributed by atoms with Crippen LogP contribution in [0.3, 0.4) is 0 Å². The first-order valence-electron chi connectivity index (χ1n) is 4.26. The molecule has 0 bridgehead atoms. The van der Waals surface area contributed by atoms with E-state index in [4.69, 9.17) is 21.4 Å². The summed E-state index contributed by atoms with van der Waals surface area (Å²) in [6.07, 6.45) is -0.723. The minimum absolute atomic E-state index is 0.0772. The van der Waals surface area contributed by atoms with Gasteiger partial charge in [-0.1, -0.05) is 6.07 Å². The Hall–Kier alpha value is -0.800. The maximum absolute atomic E-state index is 12.8. The van der Waals surface area contributed by atoms with E-state index < -0.39 is 6.10 Å². The molecule has 0 fully saturated rings. The third-order valence-corrected chi connectivity index (χ3v) is 2.12. The molecule has 2 nitrogen and oxygen atoms in total. The van der Waals surface area contributed by atoms with Gasteiger partial charge in [-0.15, -0.1) is 11.6 Å². The van der Waals surface area contributed by atoms with E-state index in [0.29, 0.717) is 5.75 Å². The maximum atomic E-state index is 12.8. The van der Waals surface area contributed by atoms with Crippen LogP contribution in [0.1, 0.15) is 5.56 Å². The van der Waals surface area contributed by atoms with Crippen molar-refractivity contribution < 1.29 is 14.2 Å². The first-order valence-corrected chi connectivity index (χ1v) is 4.80. The van der Waals surface area contributed by atoms with Gasteiger partial charge in [-0.2, -0.15) is 0 Å². The van der Waals surface area contributed by atoms with Crippen LogP contribution in [0.4, 0.5) is 4.39 Å². The zero-order chi connectivity index (χ0) is 10.6. The van der Waals surface area contributed by atoms with E-state index in [1.807, 2.05) is 6.92 Å². The minimum atomic E-state index is -0.723. The van der Waals surface area contributed by atoms with Crippen molar-refractivity contribution in [2.45, 2.75) is 13.0 Å². The summed E-state index contributed by atoms with van der Waals surface area (Å²) in [7, 11) is 0. The Balaban J connectivity index is 2.62. The van der Waals surface area contributed by atoms with Crippen LogP contribution in [0.5, 0.6) is 5.75 Å². The third kappa shape index (κ3) is 3.16. The number of halogens is 2. The lowest BCUT2D eigenvalue weighted by molar-refractivity contribution is 0.124. The smallest absolute Gasteiger partial charge is 0.126 e. The molecule has 1 aromatic carbocycles. The van der Waals surface area contributed by atoms with Gasteiger partial charge in [-0.05, 0) is 18.6 Å². The van der Waals surface area contributed by atoms with Gasteiger partial charge in [0, 0.05) is 6.07 Å². The van der Waals surface area contributed by atoms with Crippen LogP contribution in [0, 0.1) is 12.7 Å². The molecule has 1 aromatic rings. The molecular formula is C10H12ClFO2. The minimum Gasteiger partial charge on any atom is -0.490 e. The van der Waals surface area contributed by atoms with Gasteiger partial charge < -0.3 is 9.84 Å². The predicted octanol–water partition coefficient (Wildman–Crippen LogP) is 2.11. The van der Waals surface area contributed by atoms with E-state index in [0.717, 1.165) is 5.56 Å². The molecule has 1 rings (SSSR count). The number of rotatable bonds is 4. The fourth-order valence-corrected chi connectivity index (χ4v) is 1.05. The fourth-order valence-electron chi connectivity index (χ4n) is 0.960. The van der Waals surface area contributed by atoms with Crippen LogP contribution in [-0.4, -0.2) is 23.7 Å². The summed E-state index contributed by atoms with van der Waals surface area (Å²) in [5, 5.41) is 9.13. The van der Waals surface area contributed by atoms with Crippen molar-refractivity contribution in [3.8, 4) is 5.75 Å². The number of ether oxygens (including phenoxy) is 1. The van der Waals surface area contributed by atoms with E-state index in [-0.39, 0.29) is 18.3 Å². The van der Waals surface area contributed by atoms with Gasteiger partial charge in [0.1, 0.15) is 24.3 Å².